The Hall–Kier alpha value is -3.36. The maximum atomic E-state index is 12.7. The predicted molar refractivity (Wildman–Crippen MR) is 109 cm³/mol. The van der Waals surface area contributed by atoms with Crippen LogP contribution in [0.25, 0.3) is 6.08 Å². The van der Waals surface area contributed by atoms with E-state index in [-0.39, 0.29) is 9.80 Å². The van der Waals surface area contributed by atoms with Gasteiger partial charge in [-0.15, -0.1) is 0 Å². The summed E-state index contributed by atoms with van der Waals surface area (Å²) >= 11 is 0. The fourth-order valence-electron chi connectivity index (χ4n) is 2.68. The van der Waals surface area contributed by atoms with E-state index < -0.39 is 9.84 Å². The molecule has 0 saturated carbocycles. The highest BCUT2D eigenvalue weighted by molar-refractivity contribution is 7.95. The minimum absolute atomic E-state index is 0.0924. The lowest BCUT2D eigenvalue weighted by molar-refractivity contribution is 0.305. The largest absolute Gasteiger partial charge is 0.489 e. The number of ether oxygens (including phenoxy) is 1. The van der Waals surface area contributed by atoms with Crippen LogP contribution >= 0.6 is 0 Å². The maximum Gasteiger partial charge on any atom is 0.216 e. The van der Waals surface area contributed by atoms with Crippen molar-refractivity contribution in [1.29, 1.82) is 5.26 Å². The number of aryl methyl sites for hydroxylation is 1. The van der Waals surface area contributed by atoms with E-state index in [1.807, 2.05) is 31.2 Å². The zero-order valence-electron chi connectivity index (χ0n) is 15.4. The fourth-order valence-corrected chi connectivity index (χ4v) is 3.86. The van der Waals surface area contributed by atoms with Crippen LogP contribution in [0.5, 0.6) is 5.75 Å². The van der Waals surface area contributed by atoms with Gasteiger partial charge in [-0.1, -0.05) is 54.6 Å². The Balaban J connectivity index is 1.85. The molecular weight excluding hydrogens is 370 g/mol. The summed E-state index contributed by atoms with van der Waals surface area (Å²) < 4.78 is 31.2. The zero-order chi connectivity index (χ0) is 20.0. The molecule has 140 valence electrons. The van der Waals surface area contributed by atoms with Crippen LogP contribution in [0.1, 0.15) is 16.7 Å². The molecule has 0 saturated heterocycles. The van der Waals surface area contributed by atoms with Crippen LogP contribution in [0.3, 0.4) is 0 Å². The highest BCUT2D eigenvalue weighted by atomic mass is 32.2. The molecule has 28 heavy (non-hydrogen) atoms. The number of sulfone groups is 1. The number of allylic oxidation sites excluding steroid dienone is 1. The quantitative estimate of drug-likeness (QED) is 0.562. The second kappa shape index (κ2) is 8.55. The monoisotopic (exact) mass is 389 g/mol. The SMILES string of the molecule is Cc1ccccc1COc1cccc(C=C(C#N)S(=O)(=O)c2ccccc2)c1. The Morgan fingerprint density at radius 2 is 1.71 bits per heavy atom. The first-order valence-corrected chi connectivity index (χ1v) is 10.2. The van der Waals surface area contributed by atoms with Crippen molar-refractivity contribution in [2.75, 3.05) is 0 Å². The topological polar surface area (TPSA) is 67.2 Å². The van der Waals surface area contributed by atoms with E-state index in [9.17, 15) is 13.7 Å². The van der Waals surface area contributed by atoms with Crippen LogP contribution in [-0.2, 0) is 16.4 Å². The van der Waals surface area contributed by atoms with Gasteiger partial charge >= 0.3 is 0 Å². The van der Waals surface area contributed by atoms with Crippen LogP contribution in [-0.4, -0.2) is 8.42 Å². The Labute approximate surface area is 165 Å². The van der Waals surface area contributed by atoms with Gasteiger partial charge in [0.1, 0.15) is 23.3 Å². The van der Waals surface area contributed by atoms with Gasteiger partial charge in [-0.2, -0.15) is 5.26 Å². The third kappa shape index (κ3) is 4.48. The average molecular weight is 389 g/mol. The van der Waals surface area contributed by atoms with Gasteiger partial charge in [-0.3, -0.25) is 0 Å². The van der Waals surface area contributed by atoms with Crippen molar-refractivity contribution < 1.29 is 13.2 Å². The summed E-state index contributed by atoms with van der Waals surface area (Å²) in [5, 5.41) is 9.41. The molecule has 0 bridgehead atoms. The van der Waals surface area contributed by atoms with Crippen LogP contribution in [0.2, 0.25) is 0 Å². The number of nitriles is 1. The molecule has 4 nitrogen and oxygen atoms in total. The predicted octanol–water partition coefficient (Wildman–Crippen LogP) is 4.91. The second-order valence-electron chi connectivity index (χ2n) is 6.22. The van der Waals surface area contributed by atoms with Crippen molar-refractivity contribution in [1.82, 2.24) is 0 Å². The summed E-state index contributed by atoms with van der Waals surface area (Å²) in [7, 11) is -3.86. The van der Waals surface area contributed by atoms with Gasteiger partial charge in [0.25, 0.3) is 0 Å². The Morgan fingerprint density at radius 1 is 1.00 bits per heavy atom. The van der Waals surface area contributed by atoms with Gasteiger partial charge in [-0.05, 0) is 54.0 Å². The molecule has 0 atom stereocenters. The number of benzene rings is 3. The van der Waals surface area contributed by atoms with E-state index in [2.05, 4.69) is 0 Å². The molecule has 0 aromatic heterocycles. The van der Waals surface area contributed by atoms with Crippen molar-refractivity contribution >= 4 is 15.9 Å². The van der Waals surface area contributed by atoms with Crippen molar-refractivity contribution in [3.8, 4) is 11.8 Å². The highest BCUT2D eigenvalue weighted by Gasteiger charge is 2.20. The number of hydrogen-bond acceptors (Lipinski definition) is 4. The fraction of sp³-hybridized carbons (Fsp3) is 0.0870. The molecule has 0 heterocycles. The average Bonchev–Trinajstić information content (AvgIpc) is 2.72. The molecule has 3 aromatic carbocycles. The molecule has 0 aliphatic heterocycles. The molecule has 0 spiro atoms. The minimum atomic E-state index is -3.86. The van der Waals surface area contributed by atoms with Crippen LogP contribution in [0.4, 0.5) is 0 Å². The number of hydrogen-bond donors (Lipinski definition) is 0. The lowest BCUT2D eigenvalue weighted by Gasteiger charge is -2.09. The van der Waals surface area contributed by atoms with Gasteiger partial charge < -0.3 is 4.74 Å². The molecule has 0 N–H and O–H groups in total. The van der Waals surface area contributed by atoms with Crippen LogP contribution < -0.4 is 4.74 Å². The van der Waals surface area contributed by atoms with Gasteiger partial charge in [0.15, 0.2) is 0 Å². The molecule has 0 amide bonds. The molecule has 3 aromatic rings. The zero-order valence-corrected chi connectivity index (χ0v) is 16.2. The molecular formula is C23H19NO3S. The molecule has 5 heteroatoms. The molecule has 0 aliphatic carbocycles. The smallest absolute Gasteiger partial charge is 0.216 e. The second-order valence-corrected chi connectivity index (χ2v) is 8.14. The highest BCUT2D eigenvalue weighted by Crippen LogP contribution is 2.23. The summed E-state index contributed by atoms with van der Waals surface area (Å²) in [5.74, 6) is 0.603. The minimum Gasteiger partial charge on any atom is -0.489 e. The number of nitrogens with zero attached hydrogens (tertiary/aromatic N) is 1. The summed E-state index contributed by atoms with van der Waals surface area (Å²) in [4.78, 5) is -0.218. The Morgan fingerprint density at radius 3 is 2.43 bits per heavy atom. The molecule has 0 fully saturated rings. The number of rotatable bonds is 6. The van der Waals surface area contributed by atoms with Crippen molar-refractivity contribution in [2.45, 2.75) is 18.4 Å². The summed E-state index contributed by atoms with van der Waals surface area (Å²) in [5.41, 5.74) is 2.80. The first-order valence-electron chi connectivity index (χ1n) is 8.70. The summed E-state index contributed by atoms with van der Waals surface area (Å²) in [6, 6.07) is 24.7. The van der Waals surface area contributed by atoms with E-state index in [1.165, 1.54) is 18.2 Å². The molecule has 3 rings (SSSR count). The lowest BCUT2D eigenvalue weighted by Crippen LogP contribution is -2.03. The van der Waals surface area contributed by atoms with Crippen LogP contribution in [0, 0.1) is 18.3 Å². The van der Waals surface area contributed by atoms with Crippen molar-refractivity contribution in [3.63, 3.8) is 0 Å². The third-order valence-electron chi connectivity index (χ3n) is 4.26. The van der Waals surface area contributed by atoms with Crippen LogP contribution in [0.15, 0.2) is 88.7 Å². The van der Waals surface area contributed by atoms with Gasteiger partial charge in [0, 0.05) is 0 Å². The molecule has 0 radical (unpaired) electrons. The van der Waals surface area contributed by atoms with E-state index in [0.29, 0.717) is 17.9 Å². The summed E-state index contributed by atoms with van der Waals surface area (Å²) in [6.07, 6.45) is 1.36. The van der Waals surface area contributed by atoms with E-state index in [1.54, 1.807) is 48.5 Å². The van der Waals surface area contributed by atoms with E-state index in [0.717, 1.165) is 11.1 Å². The molecule has 0 unspecified atom stereocenters. The van der Waals surface area contributed by atoms with Crippen molar-refractivity contribution in [2.24, 2.45) is 0 Å². The van der Waals surface area contributed by atoms with Gasteiger partial charge in [0.05, 0.1) is 4.90 Å². The molecule has 0 aliphatic rings. The first kappa shape index (κ1) is 19.4. The Kier molecular flexibility index (Phi) is 5.93. The standard InChI is InChI=1S/C23H19NO3S/c1-18-8-5-6-10-20(18)17-27-21-11-7-9-19(14-21)15-23(16-24)28(25,26)22-12-3-2-4-13-22/h2-15H,17H2,1H3. The lowest BCUT2D eigenvalue weighted by atomic mass is 10.1. The van der Waals surface area contributed by atoms with E-state index in [4.69, 9.17) is 4.74 Å². The van der Waals surface area contributed by atoms with Gasteiger partial charge in [-0.25, -0.2) is 8.42 Å². The van der Waals surface area contributed by atoms with Gasteiger partial charge in [0.2, 0.25) is 9.84 Å². The third-order valence-corrected chi connectivity index (χ3v) is 5.95. The maximum absolute atomic E-state index is 12.7. The summed E-state index contributed by atoms with van der Waals surface area (Å²) in [6.45, 7) is 2.43. The normalized spacial score (nSPS) is 11.6. The first-order chi connectivity index (χ1) is 13.5. The van der Waals surface area contributed by atoms with E-state index >= 15 is 0 Å². The van der Waals surface area contributed by atoms with Crippen molar-refractivity contribution in [3.05, 3.63) is 100 Å². The Bertz CT molecular complexity index is 1140.